The molecule has 0 bridgehead atoms. The molecule has 0 spiro atoms. The van der Waals surface area contributed by atoms with Crippen LogP contribution in [0.15, 0.2) is 51.7 Å². The fourth-order valence-corrected chi connectivity index (χ4v) is 2.18. The van der Waals surface area contributed by atoms with Crippen molar-refractivity contribution in [2.24, 2.45) is 0 Å². The number of carbonyl (C=O) groups excluding carboxylic acids is 1. The van der Waals surface area contributed by atoms with E-state index in [4.69, 9.17) is 13.6 Å². The molecular formula is C16H15NO4. The molecule has 1 atom stereocenters. The maximum Gasteiger partial charge on any atom is 0.255 e. The molecule has 5 heteroatoms. The Morgan fingerprint density at radius 2 is 2.19 bits per heavy atom. The first kappa shape index (κ1) is 13.3. The minimum atomic E-state index is -0.260. The van der Waals surface area contributed by atoms with Gasteiger partial charge in [-0.2, -0.15) is 0 Å². The molecule has 21 heavy (non-hydrogen) atoms. The van der Waals surface area contributed by atoms with E-state index < -0.39 is 0 Å². The van der Waals surface area contributed by atoms with Crippen molar-refractivity contribution in [3.8, 4) is 5.75 Å². The quantitative estimate of drug-likeness (QED) is 0.796. The Hall–Kier alpha value is -2.69. The summed E-state index contributed by atoms with van der Waals surface area (Å²) in [4.78, 5) is 12.0. The molecular weight excluding hydrogens is 270 g/mol. The zero-order valence-electron chi connectivity index (χ0n) is 11.8. The van der Waals surface area contributed by atoms with Gasteiger partial charge in [-0.25, -0.2) is 0 Å². The third-order valence-corrected chi connectivity index (χ3v) is 3.30. The number of para-hydroxylation sites is 1. The first-order valence-electron chi connectivity index (χ1n) is 6.58. The molecule has 3 rings (SSSR count). The van der Waals surface area contributed by atoms with E-state index in [1.807, 2.05) is 31.2 Å². The summed E-state index contributed by atoms with van der Waals surface area (Å²) in [5.74, 6) is 1.14. The van der Waals surface area contributed by atoms with E-state index in [9.17, 15) is 4.79 Å². The molecule has 0 fully saturated rings. The SMILES string of the molecule is COc1cccc2cc([C@@H](C)NC(=O)c3ccoc3)oc12. The van der Waals surface area contributed by atoms with Gasteiger partial charge in [-0.3, -0.25) is 4.79 Å². The molecule has 1 N–H and O–H groups in total. The van der Waals surface area contributed by atoms with Crippen molar-refractivity contribution < 1.29 is 18.4 Å². The lowest BCUT2D eigenvalue weighted by Gasteiger charge is -2.10. The number of nitrogens with one attached hydrogen (secondary N) is 1. The van der Waals surface area contributed by atoms with Crippen LogP contribution in [0.4, 0.5) is 0 Å². The van der Waals surface area contributed by atoms with Crippen LogP contribution in [0, 0.1) is 0 Å². The van der Waals surface area contributed by atoms with Crippen LogP contribution in [-0.2, 0) is 0 Å². The van der Waals surface area contributed by atoms with Crippen molar-refractivity contribution >= 4 is 16.9 Å². The Balaban J connectivity index is 1.85. The van der Waals surface area contributed by atoms with Crippen LogP contribution >= 0.6 is 0 Å². The predicted molar refractivity (Wildman–Crippen MR) is 77.4 cm³/mol. The molecule has 0 aliphatic rings. The highest BCUT2D eigenvalue weighted by atomic mass is 16.5. The summed E-state index contributed by atoms with van der Waals surface area (Å²) < 4.78 is 16.0. The minimum Gasteiger partial charge on any atom is -0.493 e. The number of amides is 1. The number of furan rings is 2. The van der Waals surface area contributed by atoms with E-state index in [0.29, 0.717) is 22.7 Å². The summed E-state index contributed by atoms with van der Waals surface area (Å²) in [6.07, 6.45) is 2.87. The van der Waals surface area contributed by atoms with E-state index in [1.54, 1.807) is 13.2 Å². The van der Waals surface area contributed by atoms with Crippen molar-refractivity contribution in [3.63, 3.8) is 0 Å². The van der Waals surface area contributed by atoms with Crippen LogP contribution in [0.5, 0.6) is 5.75 Å². The minimum absolute atomic E-state index is 0.205. The summed E-state index contributed by atoms with van der Waals surface area (Å²) >= 11 is 0. The number of rotatable bonds is 4. The topological polar surface area (TPSA) is 64.6 Å². The van der Waals surface area contributed by atoms with Gasteiger partial charge in [0.25, 0.3) is 5.91 Å². The largest absolute Gasteiger partial charge is 0.493 e. The second-order valence-electron chi connectivity index (χ2n) is 4.73. The predicted octanol–water partition coefficient (Wildman–Crippen LogP) is 3.53. The highest BCUT2D eigenvalue weighted by Crippen LogP contribution is 2.30. The van der Waals surface area contributed by atoms with Gasteiger partial charge >= 0.3 is 0 Å². The molecule has 0 unspecified atom stereocenters. The molecule has 0 saturated carbocycles. The van der Waals surface area contributed by atoms with Gasteiger partial charge in [0.05, 0.1) is 25.0 Å². The lowest BCUT2D eigenvalue weighted by atomic mass is 10.2. The Morgan fingerprint density at radius 1 is 1.33 bits per heavy atom. The van der Waals surface area contributed by atoms with Gasteiger partial charge in [0.2, 0.25) is 0 Å². The third-order valence-electron chi connectivity index (χ3n) is 3.30. The molecule has 2 aromatic heterocycles. The Bertz CT molecular complexity index is 758. The van der Waals surface area contributed by atoms with Crippen molar-refractivity contribution in [3.05, 3.63) is 54.2 Å². The van der Waals surface area contributed by atoms with Crippen molar-refractivity contribution in [1.82, 2.24) is 5.32 Å². The van der Waals surface area contributed by atoms with Crippen LogP contribution in [0.1, 0.15) is 29.1 Å². The van der Waals surface area contributed by atoms with Crippen LogP contribution in [0.2, 0.25) is 0 Å². The highest BCUT2D eigenvalue weighted by molar-refractivity contribution is 5.94. The number of hydrogen-bond acceptors (Lipinski definition) is 4. The first-order valence-corrected chi connectivity index (χ1v) is 6.58. The maximum atomic E-state index is 12.0. The van der Waals surface area contributed by atoms with E-state index in [-0.39, 0.29) is 11.9 Å². The molecule has 108 valence electrons. The van der Waals surface area contributed by atoms with E-state index in [2.05, 4.69) is 5.32 Å². The lowest BCUT2D eigenvalue weighted by molar-refractivity contribution is 0.0935. The summed E-state index contributed by atoms with van der Waals surface area (Å²) in [7, 11) is 1.60. The van der Waals surface area contributed by atoms with Crippen LogP contribution in [0.25, 0.3) is 11.0 Å². The number of methoxy groups -OCH3 is 1. The van der Waals surface area contributed by atoms with Gasteiger partial charge in [0.1, 0.15) is 12.0 Å². The maximum absolute atomic E-state index is 12.0. The normalized spacial score (nSPS) is 12.3. The number of ether oxygens (including phenoxy) is 1. The van der Waals surface area contributed by atoms with Crippen LogP contribution in [0.3, 0.4) is 0 Å². The van der Waals surface area contributed by atoms with Gasteiger partial charge < -0.3 is 18.9 Å². The van der Waals surface area contributed by atoms with E-state index in [1.165, 1.54) is 12.5 Å². The molecule has 0 radical (unpaired) electrons. The van der Waals surface area contributed by atoms with E-state index in [0.717, 1.165) is 5.39 Å². The summed E-state index contributed by atoms with van der Waals surface area (Å²) in [5.41, 5.74) is 1.16. The molecule has 3 aromatic rings. The average molecular weight is 285 g/mol. The lowest BCUT2D eigenvalue weighted by Crippen LogP contribution is -2.25. The van der Waals surface area contributed by atoms with Crippen molar-refractivity contribution in [2.75, 3.05) is 7.11 Å². The summed E-state index contributed by atoms with van der Waals surface area (Å²) in [5, 5.41) is 3.80. The second-order valence-corrected chi connectivity index (χ2v) is 4.73. The van der Waals surface area contributed by atoms with E-state index >= 15 is 0 Å². The monoisotopic (exact) mass is 285 g/mol. The Kier molecular flexibility index (Phi) is 3.39. The second kappa shape index (κ2) is 5.36. The van der Waals surface area contributed by atoms with Crippen molar-refractivity contribution in [2.45, 2.75) is 13.0 Å². The number of hydrogen-bond donors (Lipinski definition) is 1. The standard InChI is InChI=1S/C16H15NO4/c1-10(17-16(18)12-6-7-20-9-12)14-8-11-4-3-5-13(19-2)15(11)21-14/h3-10H,1-2H3,(H,17,18)/t10-/m1/s1. The van der Waals surface area contributed by atoms with Gasteiger partial charge in [-0.05, 0) is 25.1 Å². The third kappa shape index (κ3) is 2.50. The molecule has 5 nitrogen and oxygen atoms in total. The fourth-order valence-electron chi connectivity index (χ4n) is 2.18. The van der Waals surface area contributed by atoms with Crippen LogP contribution < -0.4 is 10.1 Å². The zero-order valence-corrected chi connectivity index (χ0v) is 11.8. The highest BCUT2D eigenvalue weighted by Gasteiger charge is 2.17. The van der Waals surface area contributed by atoms with Gasteiger partial charge in [-0.1, -0.05) is 12.1 Å². The molecule has 2 heterocycles. The molecule has 1 amide bonds. The molecule has 1 aromatic carbocycles. The van der Waals surface area contributed by atoms with Gasteiger partial charge in [0, 0.05) is 5.39 Å². The summed E-state index contributed by atoms with van der Waals surface area (Å²) in [6.45, 7) is 1.86. The smallest absolute Gasteiger partial charge is 0.255 e. The number of fused-ring (bicyclic) bond motifs is 1. The Morgan fingerprint density at radius 3 is 2.90 bits per heavy atom. The van der Waals surface area contributed by atoms with Gasteiger partial charge in [0.15, 0.2) is 11.3 Å². The number of carbonyl (C=O) groups is 1. The molecule has 0 saturated heterocycles. The zero-order chi connectivity index (χ0) is 14.8. The first-order chi connectivity index (χ1) is 10.2. The van der Waals surface area contributed by atoms with Crippen molar-refractivity contribution in [1.29, 1.82) is 0 Å². The Labute approximate surface area is 121 Å². The van der Waals surface area contributed by atoms with Gasteiger partial charge in [-0.15, -0.1) is 0 Å². The average Bonchev–Trinajstić information content (AvgIpc) is 3.15. The fraction of sp³-hybridized carbons (Fsp3) is 0.188. The molecule has 0 aliphatic heterocycles. The molecule has 0 aliphatic carbocycles. The number of benzene rings is 1. The summed E-state index contributed by atoms with van der Waals surface area (Å²) in [6, 6.07) is 8.93. The van der Waals surface area contributed by atoms with Crippen LogP contribution in [-0.4, -0.2) is 13.0 Å².